The van der Waals surface area contributed by atoms with Crippen LogP contribution in [-0.4, -0.2) is 48.6 Å². The van der Waals surface area contributed by atoms with Crippen LogP contribution in [-0.2, 0) is 17.7 Å². The molecule has 2 aliphatic rings. The Hall–Kier alpha value is -1.40. The Bertz CT molecular complexity index is 434. The summed E-state index contributed by atoms with van der Waals surface area (Å²) in [6, 6.07) is 0. The summed E-state index contributed by atoms with van der Waals surface area (Å²) >= 11 is 0. The maximum atomic E-state index is 12.2. The lowest BCUT2D eigenvalue weighted by molar-refractivity contribution is 0.0687. The minimum Gasteiger partial charge on any atom is -0.437 e. The van der Waals surface area contributed by atoms with Crippen molar-refractivity contribution in [2.24, 2.45) is 0 Å². The van der Waals surface area contributed by atoms with Crippen LogP contribution in [0.25, 0.3) is 0 Å². The first-order valence-corrected chi connectivity index (χ1v) is 6.29. The van der Waals surface area contributed by atoms with Gasteiger partial charge in [0, 0.05) is 39.7 Å². The first kappa shape index (κ1) is 11.7. The zero-order chi connectivity index (χ0) is 12.5. The molecule has 3 rings (SSSR count). The predicted octanol–water partition coefficient (Wildman–Crippen LogP) is 0.181. The first-order valence-electron chi connectivity index (χ1n) is 6.29. The highest BCUT2D eigenvalue weighted by atomic mass is 16.5. The van der Waals surface area contributed by atoms with Crippen molar-refractivity contribution in [1.29, 1.82) is 0 Å². The molecular formula is C12H17N3O3. The van der Waals surface area contributed by atoms with E-state index in [2.05, 4.69) is 10.3 Å². The van der Waals surface area contributed by atoms with Crippen LogP contribution in [0, 0.1) is 0 Å². The normalized spacial score (nSPS) is 23.2. The number of rotatable bonds is 2. The number of ether oxygens (including phenoxy) is 1. The summed E-state index contributed by atoms with van der Waals surface area (Å²) in [6.07, 6.45) is 1.82. The smallest absolute Gasteiger partial charge is 0.309 e. The molecule has 18 heavy (non-hydrogen) atoms. The third-order valence-electron chi connectivity index (χ3n) is 3.55. The van der Waals surface area contributed by atoms with Crippen molar-refractivity contribution < 1.29 is 13.9 Å². The SMILES string of the molecule is COC1CCN(C(=O)c2nc3c(o2)CCNC3)C1. The fourth-order valence-electron chi connectivity index (χ4n) is 2.46. The minimum absolute atomic E-state index is 0.121. The van der Waals surface area contributed by atoms with Crippen molar-refractivity contribution in [2.45, 2.75) is 25.5 Å². The molecule has 0 aliphatic carbocycles. The Labute approximate surface area is 105 Å². The fraction of sp³-hybridized carbons (Fsp3) is 0.667. The van der Waals surface area contributed by atoms with E-state index in [1.54, 1.807) is 12.0 Å². The van der Waals surface area contributed by atoms with E-state index in [1.165, 1.54) is 0 Å². The van der Waals surface area contributed by atoms with E-state index in [4.69, 9.17) is 9.15 Å². The number of amides is 1. The van der Waals surface area contributed by atoms with E-state index >= 15 is 0 Å². The van der Waals surface area contributed by atoms with E-state index in [-0.39, 0.29) is 17.9 Å². The van der Waals surface area contributed by atoms with E-state index in [0.717, 1.165) is 30.8 Å². The summed E-state index contributed by atoms with van der Waals surface area (Å²) in [6.45, 7) is 2.90. The molecule has 1 aromatic rings. The molecule has 6 heteroatoms. The van der Waals surface area contributed by atoms with E-state index in [1.807, 2.05) is 0 Å². The van der Waals surface area contributed by atoms with Gasteiger partial charge in [0.2, 0.25) is 0 Å². The van der Waals surface area contributed by atoms with Gasteiger partial charge in [-0.15, -0.1) is 0 Å². The van der Waals surface area contributed by atoms with Crippen molar-refractivity contribution in [2.75, 3.05) is 26.7 Å². The number of carbonyl (C=O) groups excluding carboxylic acids is 1. The molecule has 1 atom stereocenters. The second-order valence-corrected chi connectivity index (χ2v) is 4.71. The van der Waals surface area contributed by atoms with Crippen LogP contribution in [0.15, 0.2) is 4.42 Å². The van der Waals surface area contributed by atoms with Gasteiger partial charge in [0.25, 0.3) is 5.89 Å². The highest BCUT2D eigenvalue weighted by molar-refractivity contribution is 5.90. The molecule has 0 radical (unpaired) electrons. The standard InChI is InChI=1S/C12H17N3O3/c1-17-8-3-5-15(7-8)12(16)11-14-9-6-13-4-2-10(9)18-11/h8,13H,2-7H2,1H3. The van der Waals surface area contributed by atoms with Gasteiger partial charge in [-0.05, 0) is 6.42 Å². The number of hydrogen-bond acceptors (Lipinski definition) is 5. The van der Waals surface area contributed by atoms with Gasteiger partial charge in [0.1, 0.15) is 5.76 Å². The van der Waals surface area contributed by atoms with Crippen molar-refractivity contribution >= 4 is 5.91 Å². The Kier molecular flexibility index (Phi) is 3.05. The van der Waals surface area contributed by atoms with Gasteiger partial charge in [-0.1, -0.05) is 0 Å². The molecular weight excluding hydrogens is 234 g/mol. The third-order valence-corrected chi connectivity index (χ3v) is 3.55. The van der Waals surface area contributed by atoms with E-state index in [0.29, 0.717) is 19.6 Å². The summed E-state index contributed by atoms with van der Waals surface area (Å²) < 4.78 is 10.8. The number of fused-ring (bicyclic) bond motifs is 1. The molecule has 1 N–H and O–H groups in total. The van der Waals surface area contributed by atoms with Gasteiger partial charge >= 0.3 is 5.91 Å². The van der Waals surface area contributed by atoms with Crippen molar-refractivity contribution in [3.8, 4) is 0 Å². The molecule has 1 fully saturated rings. The molecule has 3 heterocycles. The number of nitrogens with one attached hydrogen (secondary N) is 1. The minimum atomic E-state index is -0.121. The van der Waals surface area contributed by atoms with Crippen LogP contribution in [0.2, 0.25) is 0 Å². The van der Waals surface area contributed by atoms with Crippen LogP contribution < -0.4 is 5.32 Å². The van der Waals surface area contributed by atoms with Crippen LogP contribution in [0.4, 0.5) is 0 Å². The highest BCUT2D eigenvalue weighted by Gasteiger charge is 2.30. The maximum absolute atomic E-state index is 12.2. The lowest BCUT2D eigenvalue weighted by Crippen LogP contribution is -2.30. The number of likely N-dealkylation sites (tertiary alicyclic amines) is 1. The van der Waals surface area contributed by atoms with Crippen LogP contribution >= 0.6 is 0 Å². The third kappa shape index (κ3) is 2.02. The van der Waals surface area contributed by atoms with Crippen LogP contribution in [0.3, 0.4) is 0 Å². The molecule has 1 amide bonds. The van der Waals surface area contributed by atoms with Gasteiger partial charge in [-0.25, -0.2) is 4.98 Å². The number of hydrogen-bond donors (Lipinski definition) is 1. The topological polar surface area (TPSA) is 67.6 Å². The molecule has 1 saturated heterocycles. The van der Waals surface area contributed by atoms with Crippen molar-refractivity contribution in [3.05, 3.63) is 17.3 Å². The Balaban J connectivity index is 1.74. The summed E-state index contributed by atoms with van der Waals surface area (Å²) in [7, 11) is 1.67. The zero-order valence-electron chi connectivity index (χ0n) is 10.4. The molecule has 98 valence electrons. The highest BCUT2D eigenvalue weighted by Crippen LogP contribution is 2.19. The van der Waals surface area contributed by atoms with Gasteiger partial charge < -0.3 is 19.4 Å². The quantitative estimate of drug-likeness (QED) is 0.812. The average Bonchev–Trinajstić information content (AvgIpc) is 3.04. The van der Waals surface area contributed by atoms with E-state index < -0.39 is 0 Å². The summed E-state index contributed by atoms with van der Waals surface area (Å²) in [5.41, 5.74) is 0.868. The van der Waals surface area contributed by atoms with Gasteiger partial charge in [0.05, 0.1) is 11.8 Å². The Morgan fingerprint density at radius 1 is 1.61 bits per heavy atom. The molecule has 1 aromatic heterocycles. The van der Waals surface area contributed by atoms with Crippen LogP contribution in [0.1, 0.15) is 28.6 Å². The molecule has 2 aliphatic heterocycles. The summed E-state index contributed by atoms with van der Waals surface area (Å²) in [5.74, 6) is 0.948. The van der Waals surface area contributed by atoms with Crippen molar-refractivity contribution in [1.82, 2.24) is 15.2 Å². The van der Waals surface area contributed by atoms with Crippen molar-refractivity contribution in [3.63, 3.8) is 0 Å². The predicted molar refractivity (Wildman–Crippen MR) is 63.2 cm³/mol. The van der Waals surface area contributed by atoms with Gasteiger partial charge in [0.15, 0.2) is 0 Å². The lowest BCUT2D eigenvalue weighted by atomic mass is 10.2. The zero-order valence-corrected chi connectivity index (χ0v) is 10.4. The number of oxazole rings is 1. The second kappa shape index (κ2) is 4.70. The molecule has 0 bridgehead atoms. The average molecular weight is 251 g/mol. The molecule has 1 unspecified atom stereocenters. The summed E-state index contributed by atoms with van der Waals surface area (Å²) in [4.78, 5) is 18.3. The fourth-order valence-corrected chi connectivity index (χ4v) is 2.46. The van der Waals surface area contributed by atoms with Gasteiger partial charge in [-0.3, -0.25) is 4.79 Å². The number of nitrogens with zero attached hydrogens (tertiary/aromatic N) is 2. The summed E-state index contributed by atoms with van der Waals surface area (Å²) in [5, 5.41) is 3.21. The number of methoxy groups -OCH3 is 1. The van der Waals surface area contributed by atoms with Gasteiger partial charge in [-0.2, -0.15) is 0 Å². The molecule has 0 aromatic carbocycles. The number of carbonyl (C=O) groups is 1. The maximum Gasteiger partial charge on any atom is 0.309 e. The first-order chi connectivity index (χ1) is 8.78. The molecule has 0 saturated carbocycles. The van der Waals surface area contributed by atoms with Crippen LogP contribution in [0.5, 0.6) is 0 Å². The Morgan fingerprint density at radius 2 is 2.50 bits per heavy atom. The lowest BCUT2D eigenvalue weighted by Gasteiger charge is -2.13. The number of aromatic nitrogens is 1. The molecule has 0 spiro atoms. The monoisotopic (exact) mass is 251 g/mol. The Morgan fingerprint density at radius 3 is 3.22 bits per heavy atom. The second-order valence-electron chi connectivity index (χ2n) is 4.71. The molecule has 6 nitrogen and oxygen atoms in total. The van der Waals surface area contributed by atoms with E-state index in [9.17, 15) is 4.79 Å². The largest absolute Gasteiger partial charge is 0.437 e.